The maximum atomic E-state index is 4.38. The van der Waals surface area contributed by atoms with Crippen LogP contribution in [0.5, 0.6) is 0 Å². The second-order valence-corrected chi connectivity index (χ2v) is 5.14. The minimum absolute atomic E-state index is 0.490. The summed E-state index contributed by atoms with van der Waals surface area (Å²) in [6.45, 7) is 8.76. The lowest BCUT2D eigenvalue weighted by molar-refractivity contribution is 0.811. The van der Waals surface area contributed by atoms with Gasteiger partial charge in [-0.1, -0.05) is 45.9 Å². The minimum Gasteiger partial charge on any atom is -0.282 e. The van der Waals surface area contributed by atoms with E-state index in [0.29, 0.717) is 11.8 Å². The smallest absolute Gasteiger partial charge is 0.0923 e. The van der Waals surface area contributed by atoms with Crippen molar-refractivity contribution in [2.75, 3.05) is 0 Å². The first-order chi connectivity index (χ1) is 8.08. The van der Waals surface area contributed by atoms with Crippen molar-refractivity contribution in [1.29, 1.82) is 0 Å². The van der Waals surface area contributed by atoms with Crippen molar-refractivity contribution in [3.05, 3.63) is 41.6 Å². The van der Waals surface area contributed by atoms with Crippen LogP contribution in [0.1, 0.15) is 50.8 Å². The van der Waals surface area contributed by atoms with Crippen LogP contribution >= 0.6 is 0 Å². The molecule has 2 rings (SSSR count). The molecule has 0 saturated carbocycles. The average molecular weight is 228 g/mol. The molecular weight excluding hydrogens is 208 g/mol. The fourth-order valence-corrected chi connectivity index (χ4v) is 1.84. The number of aromatic amines is 1. The molecule has 0 spiro atoms. The summed E-state index contributed by atoms with van der Waals surface area (Å²) in [5.74, 6) is 1.04. The number of benzene rings is 1. The molecule has 1 N–H and O–H groups in total. The molecule has 0 bridgehead atoms. The van der Waals surface area contributed by atoms with Gasteiger partial charge in [0, 0.05) is 11.3 Å². The Labute approximate surface area is 103 Å². The lowest BCUT2D eigenvalue weighted by Crippen LogP contribution is -1.87. The van der Waals surface area contributed by atoms with Gasteiger partial charge in [0.15, 0.2) is 0 Å². The normalized spacial score (nSPS) is 11.4. The van der Waals surface area contributed by atoms with E-state index < -0.39 is 0 Å². The fourth-order valence-electron chi connectivity index (χ4n) is 1.84. The van der Waals surface area contributed by atoms with Crippen LogP contribution in [0.25, 0.3) is 11.3 Å². The maximum absolute atomic E-state index is 4.38. The van der Waals surface area contributed by atoms with E-state index in [9.17, 15) is 0 Å². The summed E-state index contributed by atoms with van der Waals surface area (Å²) in [4.78, 5) is 0. The van der Waals surface area contributed by atoms with Crippen molar-refractivity contribution < 1.29 is 0 Å². The zero-order valence-corrected chi connectivity index (χ0v) is 11.0. The number of rotatable bonds is 3. The van der Waals surface area contributed by atoms with Crippen LogP contribution in [0, 0.1) is 0 Å². The average Bonchev–Trinajstić information content (AvgIpc) is 2.78. The van der Waals surface area contributed by atoms with Gasteiger partial charge in [-0.25, -0.2) is 0 Å². The number of hydrogen-bond acceptors (Lipinski definition) is 1. The van der Waals surface area contributed by atoms with Crippen molar-refractivity contribution >= 4 is 0 Å². The van der Waals surface area contributed by atoms with E-state index >= 15 is 0 Å². The van der Waals surface area contributed by atoms with Gasteiger partial charge >= 0.3 is 0 Å². The van der Waals surface area contributed by atoms with Gasteiger partial charge in [-0.2, -0.15) is 5.10 Å². The van der Waals surface area contributed by atoms with E-state index in [-0.39, 0.29) is 0 Å². The van der Waals surface area contributed by atoms with Crippen LogP contribution in [0.2, 0.25) is 0 Å². The SMILES string of the molecule is CC(C)c1cccc(-c2cc(C(C)C)[nH]n2)c1. The fraction of sp³-hybridized carbons (Fsp3) is 0.400. The summed E-state index contributed by atoms with van der Waals surface area (Å²) in [5, 5.41) is 7.49. The molecule has 2 nitrogen and oxygen atoms in total. The Balaban J connectivity index is 2.35. The molecule has 1 heterocycles. The van der Waals surface area contributed by atoms with E-state index in [2.05, 4.69) is 68.2 Å². The van der Waals surface area contributed by atoms with Gasteiger partial charge in [0.1, 0.15) is 0 Å². The molecule has 0 aliphatic rings. The van der Waals surface area contributed by atoms with Gasteiger partial charge in [-0.15, -0.1) is 0 Å². The van der Waals surface area contributed by atoms with Gasteiger partial charge in [0.05, 0.1) is 5.69 Å². The van der Waals surface area contributed by atoms with Crippen molar-refractivity contribution in [1.82, 2.24) is 10.2 Å². The molecule has 0 fully saturated rings. The highest BCUT2D eigenvalue weighted by atomic mass is 15.1. The van der Waals surface area contributed by atoms with Gasteiger partial charge < -0.3 is 0 Å². The zero-order valence-electron chi connectivity index (χ0n) is 11.0. The van der Waals surface area contributed by atoms with Gasteiger partial charge in [0.2, 0.25) is 0 Å². The molecule has 2 heteroatoms. The Morgan fingerprint density at radius 2 is 1.76 bits per heavy atom. The van der Waals surface area contributed by atoms with Gasteiger partial charge in [-0.3, -0.25) is 5.10 Å². The predicted octanol–water partition coefficient (Wildman–Crippen LogP) is 4.32. The van der Waals surface area contributed by atoms with Crippen LogP contribution in [-0.4, -0.2) is 10.2 Å². The van der Waals surface area contributed by atoms with Crippen molar-refractivity contribution in [2.45, 2.75) is 39.5 Å². The Morgan fingerprint density at radius 1 is 1.00 bits per heavy atom. The molecule has 0 atom stereocenters. The molecule has 2 aromatic rings. The highest BCUT2D eigenvalue weighted by molar-refractivity contribution is 5.60. The van der Waals surface area contributed by atoms with E-state index in [1.54, 1.807) is 0 Å². The summed E-state index contributed by atoms with van der Waals surface area (Å²) in [7, 11) is 0. The zero-order chi connectivity index (χ0) is 12.4. The monoisotopic (exact) mass is 228 g/mol. The number of nitrogens with one attached hydrogen (secondary N) is 1. The third kappa shape index (κ3) is 2.57. The largest absolute Gasteiger partial charge is 0.282 e. The molecule has 90 valence electrons. The molecule has 0 radical (unpaired) electrons. The summed E-state index contributed by atoms with van der Waals surface area (Å²) in [6.07, 6.45) is 0. The highest BCUT2D eigenvalue weighted by Gasteiger charge is 2.07. The van der Waals surface area contributed by atoms with Crippen molar-refractivity contribution in [3.8, 4) is 11.3 Å². The number of H-pyrrole nitrogens is 1. The van der Waals surface area contributed by atoms with E-state index in [1.807, 2.05) is 0 Å². The number of nitrogens with zero attached hydrogens (tertiary/aromatic N) is 1. The van der Waals surface area contributed by atoms with Gasteiger partial charge in [0.25, 0.3) is 0 Å². The summed E-state index contributed by atoms with van der Waals surface area (Å²) in [5.41, 5.74) is 4.78. The molecule has 17 heavy (non-hydrogen) atoms. The first-order valence-corrected chi connectivity index (χ1v) is 6.23. The molecule has 0 aliphatic heterocycles. The van der Waals surface area contributed by atoms with Crippen molar-refractivity contribution in [3.63, 3.8) is 0 Å². The summed E-state index contributed by atoms with van der Waals surface area (Å²) >= 11 is 0. The van der Waals surface area contributed by atoms with Crippen LogP contribution in [0.4, 0.5) is 0 Å². The van der Waals surface area contributed by atoms with E-state index in [0.717, 1.165) is 5.69 Å². The molecule has 0 saturated heterocycles. The first-order valence-electron chi connectivity index (χ1n) is 6.23. The maximum Gasteiger partial charge on any atom is 0.0923 e. The third-order valence-electron chi connectivity index (χ3n) is 3.07. The Morgan fingerprint density at radius 3 is 2.35 bits per heavy atom. The van der Waals surface area contributed by atoms with Crippen LogP contribution in [0.3, 0.4) is 0 Å². The number of hydrogen-bond donors (Lipinski definition) is 1. The van der Waals surface area contributed by atoms with E-state index in [4.69, 9.17) is 0 Å². The molecule has 0 amide bonds. The molecule has 0 unspecified atom stereocenters. The lowest BCUT2D eigenvalue weighted by Gasteiger charge is -2.06. The first kappa shape index (κ1) is 11.9. The molecule has 1 aromatic heterocycles. The number of aromatic nitrogens is 2. The molecule has 1 aromatic carbocycles. The minimum atomic E-state index is 0.490. The van der Waals surface area contributed by atoms with Gasteiger partial charge in [-0.05, 0) is 29.5 Å². The third-order valence-corrected chi connectivity index (χ3v) is 3.07. The summed E-state index contributed by atoms with van der Waals surface area (Å²) in [6, 6.07) is 10.8. The van der Waals surface area contributed by atoms with Crippen molar-refractivity contribution in [2.24, 2.45) is 0 Å². The quantitative estimate of drug-likeness (QED) is 0.832. The summed E-state index contributed by atoms with van der Waals surface area (Å²) < 4.78 is 0. The highest BCUT2D eigenvalue weighted by Crippen LogP contribution is 2.24. The second kappa shape index (κ2) is 4.74. The standard InChI is InChI=1S/C15H20N2/c1-10(2)12-6-5-7-13(8-12)15-9-14(11(3)4)16-17-15/h5-11H,1-4H3,(H,16,17). The van der Waals surface area contributed by atoms with E-state index in [1.165, 1.54) is 16.8 Å². The molecule has 0 aliphatic carbocycles. The van der Waals surface area contributed by atoms with Crippen LogP contribution in [0.15, 0.2) is 30.3 Å². The van der Waals surface area contributed by atoms with Crippen LogP contribution in [-0.2, 0) is 0 Å². The Kier molecular flexibility index (Phi) is 3.32. The topological polar surface area (TPSA) is 28.7 Å². The predicted molar refractivity (Wildman–Crippen MR) is 72.2 cm³/mol. The molecular formula is C15H20N2. The second-order valence-electron chi connectivity index (χ2n) is 5.14. The Bertz CT molecular complexity index is 495. The van der Waals surface area contributed by atoms with Crippen LogP contribution < -0.4 is 0 Å². The lowest BCUT2D eigenvalue weighted by atomic mass is 9.99. The Hall–Kier alpha value is -1.57.